The van der Waals surface area contributed by atoms with E-state index >= 15 is 0 Å². The summed E-state index contributed by atoms with van der Waals surface area (Å²) >= 11 is 11.7. The van der Waals surface area contributed by atoms with Crippen molar-refractivity contribution in [2.45, 2.75) is 13.1 Å². The second-order valence-electron chi connectivity index (χ2n) is 4.22. The first-order chi connectivity index (χ1) is 9.49. The highest BCUT2D eigenvalue weighted by Crippen LogP contribution is 2.23. The first-order valence-electron chi connectivity index (χ1n) is 5.78. The van der Waals surface area contributed by atoms with Crippen LogP contribution in [0.15, 0.2) is 36.4 Å². The molecule has 7 heteroatoms. The van der Waals surface area contributed by atoms with Crippen molar-refractivity contribution >= 4 is 35.6 Å². The lowest BCUT2D eigenvalue weighted by Crippen LogP contribution is -2.20. The summed E-state index contributed by atoms with van der Waals surface area (Å²) in [6.07, 6.45) is 0. The van der Waals surface area contributed by atoms with Gasteiger partial charge in [0.1, 0.15) is 11.6 Å². The van der Waals surface area contributed by atoms with Gasteiger partial charge in [-0.15, -0.1) is 12.4 Å². The van der Waals surface area contributed by atoms with Gasteiger partial charge in [0.05, 0.1) is 13.1 Å². The zero-order valence-corrected chi connectivity index (χ0v) is 13.0. The lowest BCUT2D eigenvalue weighted by molar-refractivity contribution is -0.109. The Kier molecular flexibility index (Phi) is 6.84. The lowest BCUT2D eigenvalue weighted by atomic mass is 10.1. The first kappa shape index (κ1) is 18.1. The van der Waals surface area contributed by atoms with Gasteiger partial charge in [-0.2, -0.15) is 5.06 Å². The SMILES string of the molecule is Cl.ON(Cc1c(F)cccc1Cl)Cc1c(F)cccc1Cl. The topological polar surface area (TPSA) is 23.5 Å². The average molecular weight is 355 g/mol. The zero-order valence-electron chi connectivity index (χ0n) is 10.7. The second-order valence-corrected chi connectivity index (χ2v) is 5.04. The minimum Gasteiger partial charge on any atom is -0.313 e. The molecule has 0 radical (unpaired) electrons. The average Bonchev–Trinajstić information content (AvgIpc) is 2.39. The van der Waals surface area contributed by atoms with Crippen LogP contribution < -0.4 is 0 Å². The Hall–Kier alpha value is -0.910. The van der Waals surface area contributed by atoms with Gasteiger partial charge in [-0.05, 0) is 24.3 Å². The van der Waals surface area contributed by atoms with Crippen molar-refractivity contribution in [1.29, 1.82) is 0 Å². The van der Waals surface area contributed by atoms with E-state index < -0.39 is 11.6 Å². The van der Waals surface area contributed by atoms with Crippen LogP contribution in [0.1, 0.15) is 11.1 Å². The number of nitrogens with zero attached hydrogens (tertiary/aromatic N) is 1. The van der Waals surface area contributed by atoms with Crippen molar-refractivity contribution in [2.24, 2.45) is 0 Å². The summed E-state index contributed by atoms with van der Waals surface area (Å²) in [5.41, 5.74) is 0.285. The summed E-state index contributed by atoms with van der Waals surface area (Å²) < 4.78 is 27.2. The summed E-state index contributed by atoms with van der Waals surface area (Å²) in [4.78, 5) is 0. The molecule has 0 spiro atoms. The number of rotatable bonds is 4. The van der Waals surface area contributed by atoms with Crippen LogP contribution in [0.2, 0.25) is 10.0 Å². The quantitative estimate of drug-likeness (QED) is 0.774. The Morgan fingerprint density at radius 3 is 1.57 bits per heavy atom. The normalized spacial score (nSPS) is 10.6. The van der Waals surface area contributed by atoms with Crippen LogP contribution in [0.4, 0.5) is 8.78 Å². The van der Waals surface area contributed by atoms with Crippen LogP contribution in [0.3, 0.4) is 0 Å². The molecule has 1 N–H and O–H groups in total. The van der Waals surface area contributed by atoms with Crippen LogP contribution in [-0.2, 0) is 13.1 Å². The number of hydroxylamine groups is 2. The smallest absolute Gasteiger partial charge is 0.129 e. The zero-order chi connectivity index (χ0) is 14.7. The molecule has 2 aromatic rings. The van der Waals surface area contributed by atoms with Gasteiger partial charge in [-0.3, -0.25) is 0 Å². The monoisotopic (exact) mass is 353 g/mol. The molecule has 0 unspecified atom stereocenters. The Labute approximate surface area is 137 Å². The van der Waals surface area contributed by atoms with E-state index in [0.717, 1.165) is 5.06 Å². The molecule has 0 atom stereocenters. The number of benzene rings is 2. The largest absolute Gasteiger partial charge is 0.313 e. The van der Waals surface area contributed by atoms with E-state index in [2.05, 4.69) is 0 Å². The van der Waals surface area contributed by atoms with Gasteiger partial charge in [-0.1, -0.05) is 35.3 Å². The highest BCUT2D eigenvalue weighted by molar-refractivity contribution is 6.31. The fourth-order valence-electron chi connectivity index (χ4n) is 1.79. The Balaban J connectivity index is 0.00000220. The molecule has 2 aromatic carbocycles. The summed E-state index contributed by atoms with van der Waals surface area (Å²) in [5.74, 6) is -1.06. The van der Waals surface area contributed by atoms with Crippen molar-refractivity contribution in [3.05, 3.63) is 69.2 Å². The van der Waals surface area contributed by atoms with Gasteiger partial charge >= 0.3 is 0 Å². The maximum Gasteiger partial charge on any atom is 0.129 e. The molecule has 0 heterocycles. The number of halogens is 5. The molecular formula is C14H12Cl3F2NO. The minimum absolute atomic E-state index is 0. The van der Waals surface area contributed by atoms with E-state index in [0.29, 0.717) is 0 Å². The molecule has 0 aliphatic heterocycles. The molecule has 0 fully saturated rings. The molecule has 0 aliphatic rings. The minimum atomic E-state index is -0.531. The summed E-state index contributed by atoms with van der Waals surface area (Å²) in [5, 5.41) is 11.0. The van der Waals surface area contributed by atoms with E-state index in [1.54, 1.807) is 0 Å². The van der Waals surface area contributed by atoms with Gasteiger partial charge < -0.3 is 5.21 Å². The fraction of sp³-hybridized carbons (Fsp3) is 0.143. The van der Waals surface area contributed by atoms with Crippen LogP contribution >= 0.6 is 35.6 Å². The fourth-order valence-corrected chi connectivity index (χ4v) is 2.23. The third-order valence-corrected chi connectivity index (χ3v) is 3.51. The van der Waals surface area contributed by atoms with Crippen molar-refractivity contribution in [1.82, 2.24) is 5.06 Å². The second kappa shape index (κ2) is 7.92. The van der Waals surface area contributed by atoms with E-state index in [1.807, 2.05) is 0 Å². The molecule has 0 bridgehead atoms. The predicted octanol–water partition coefficient (Wildman–Crippen LogP) is 5.08. The van der Waals surface area contributed by atoms with E-state index in [9.17, 15) is 14.0 Å². The van der Waals surface area contributed by atoms with E-state index in [4.69, 9.17) is 23.2 Å². The predicted molar refractivity (Wildman–Crippen MR) is 81.1 cm³/mol. The van der Waals surface area contributed by atoms with Crippen molar-refractivity contribution in [2.75, 3.05) is 0 Å². The lowest BCUT2D eigenvalue weighted by Gasteiger charge is -2.17. The molecule has 114 valence electrons. The van der Waals surface area contributed by atoms with Crippen molar-refractivity contribution < 1.29 is 14.0 Å². The molecule has 0 saturated carbocycles. The van der Waals surface area contributed by atoms with Crippen molar-refractivity contribution in [3.8, 4) is 0 Å². The Bertz CT molecular complexity index is 531. The molecule has 21 heavy (non-hydrogen) atoms. The molecule has 2 nitrogen and oxygen atoms in total. The molecule has 2 rings (SSSR count). The molecular weight excluding hydrogens is 343 g/mol. The van der Waals surface area contributed by atoms with Gasteiger partial charge in [-0.25, -0.2) is 8.78 Å². The Morgan fingerprint density at radius 1 is 0.857 bits per heavy atom. The van der Waals surface area contributed by atoms with Crippen LogP contribution in [0, 0.1) is 11.6 Å². The molecule has 0 saturated heterocycles. The first-order valence-corrected chi connectivity index (χ1v) is 6.54. The maximum absolute atomic E-state index is 13.6. The summed E-state index contributed by atoms with van der Waals surface area (Å²) in [6.45, 7) is -0.341. The molecule has 0 aliphatic carbocycles. The summed E-state index contributed by atoms with van der Waals surface area (Å²) in [6, 6.07) is 8.46. The third-order valence-electron chi connectivity index (χ3n) is 2.80. The molecule has 0 amide bonds. The van der Waals surface area contributed by atoms with Gasteiger partial charge in [0, 0.05) is 21.2 Å². The highest BCUT2D eigenvalue weighted by Gasteiger charge is 2.14. The van der Waals surface area contributed by atoms with E-state index in [-0.39, 0.29) is 46.7 Å². The van der Waals surface area contributed by atoms with E-state index in [1.165, 1.54) is 36.4 Å². The highest BCUT2D eigenvalue weighted by atomic mass is 35.5. The van der Waals surface area contributed by atoms with Gasteiger partial charge in [0.15, 0.2) is 0 Å². The van der Waals surface area contributed by atoms with Crippen LogP contribution in [-0.4, -0.2) is 10.3 Å². The molecule has 0 aromatic heterocycles. The van der Waals surface area contributed by atoms with Crippen molar-refractivity contribution in [3.63, 3.8) is 0 Å². The van der Waals surface area contributed by atoms with Crippen LogP contribution in [0.5, 0.6) is 0 Å². The maximum atomic E-state index is 13.6. The van der Waals surface area contributed by atoms with Crippen LogP contribution in [0.25, 0.3) is 0 Å². The number of hydrogen-bond acceptors (Lipinski definition) is 2. The van der Waals surface area contributed by atoms with Gasteiger partial charge in [0.25, 0.3) is 0 Å². The standard InChI is InChI=1S/C14H11Cl2F2NO.ClH/c15-11-3-1-5-13(17)9(11)7-19(20)8-10-12(16)4-2-6-14(10)18;/h1-6,20H,7-8H2;1H. The summed E-state index contributed by atoms with van der Waals surface area (Å²) in [7, 11) is 0. The number of hydrogen-bond donors (Lipinski definition) is 1. The third kappa shape index (κ3) is 4.53. The Morgan fingerprint density at radius 2 is 1.24 bits per heavy atom. The van der Waals surface area contributed by atoms with Gasteiger partial charge in [0.2, 0.25) is 0 Å².